The molecule has 15 N–H and O–H groups in total. The number of carbonyl (C=O) groups is 1. The van der Waals surface area contributed by atoms with Gasteiger partial charge in [0.25, 0.3) is 5.79 Å². The van der Waals surface area contributed by atoms with E-state index >= 15 is 0 Å². The highest BCUT2D eigenvalue weighted by Crippen LogP contribution is 2.36. The van der Waals surface area contributed by atoms with Crippen LogP contribution in [0.5, 0.6) is 0 Å². The summed E-state index contributed by atoms with van der Waals surface area (Å²) in [7, 11) is 0. The third-order valence-corrected chi connectivity index (χ3v) is 9.86. The van der Waals surface area contributed by atoms with Crippen LogP contribution in [-0.4, -0.2) is 221 Å². The highest BCUT2D eigenvalue weighted by atomic mass is 16.8. The zero-order valence-electron chi connectivity index (χ0n) is 27.7. The molecule has 298 valence electrons. The van der Waals surface area contributed by atoms with Crippen LogP contribution in [0.1, 0.15) is 20.3 Å². The van der Waals surface area contributed by atoms with Crippen molar-refractivity contribution in [2.45, 2.75) is 142 Å². The lowest BCUT2D eigenvalue weighted by Crippen LogP contribution is -2.67. The first-order chi connectivity index (χ1) is 23.9. The first kappa shape index (κ1) is 42.4. The number of carboxylic acid groups (broad SMARTS) is 1. The Labute approximate surface area is 291 Å². The Balaban J connectivity index is 1.46. The second-order valence-electron chi connectivity index (χ2n) is 13.4. The molecule has 4 aliphatic heterocycles. The summed E-state index contributed by atoms with van der Waals surface area (Å²) in [4.78, 5) is 12.4. The van der Waals surface area contributed by atoms with Gasteiger partial charge in [-0.05, 0) is 6.92 Å². The minimum absolute atomic E-state index is 0.573. The summed E-state index contributed by atoms with van der Waals surface area (Å²) in [6.07, 6.45) is -29.5. The van der Waals surface area contributed by atoms with Crippen molar-refractivity contribution in [3.05, 3.63) is 0 Å². The van der Waals surface area contributed by atoms with Crippen LogP contribution in [0.3, 0.4) is 0 Å². The number of aliphatic hydroxyl groups excluding tert-OH is 12. The van der Waals surface area contributed by atoms with Crippen LogP contribution in [0.2, 0.25) is 0 Å². The van der Waals surface area contributed by atoms with Crippen LogP contribution < -0.4 is 5.73 Å². The summed E-state index contributed by atoms with van der Waals surface area (Å²) in [6.45, 7) is -0.285. The molecule has 4 aliphatic rings. The van der Waals surface area contributed by atoms with Crippen molar-refractivity contribution in [3.63, 3.8) is 0 Å². The van der Waals surface area contributed by atoms with E-state index in [1.54, 1.807) is 0 Å². The van der Waals surface area contributed by atoms with Gasteiger partial charge in [0, 0.05) is 12.3 Å². The molecule has 21 atom stereocenters. The molecule has 9 unspecified atom stereocenters. The molecular formula is C29H51NO21. The first-order valence-electron chi connectivity index (χ1n) is 16.5. The van der Waals surface area contributed by atoms with Crippen LogP contribution in [-0.2, 0) is 38.0 Å². The lowest BCUT2D eigenvalue weighted by Gasteiger charge is -2.49. The van der Waals surface area contributed by atoms with Gasteiger partial charge in [-0.2, -0.15) is 0 Å². The first-order valence-corrected chi connectivity index (χ1v) is 16.5. The summed E-state index contributed by atoms with van der Waals surface area (Å²) in [5.41, 5.74) is 5.86. The molecule has 0 saturated carbocycles. The minimum Gasteiger partial charge on any atom is -0.477 e. The Morgan fingerprint density at radius 3 is 1.96 bits per heavy atom. The number of aliphatic carboxylic acids is 1. The summed E-state index contributed by atoms with van der Waals surface area (Å²) in [5.74, 6) is -5.57. The van der Waals surface area contributed by atoms with Gasteiger partial charge in [-0.25, -0.2) is 4.79 Å². The molecule has 4 fully saturated rings. The molecule has 0 radical (unpaired) electrons. The van der Waals surface area contributed by atoms with Gasteiger partial charge in [0.15, 0.2) is 12.6 Å². The smallest absolute Gasteiger partial charge is 0.364 e. The molecule has 4 rings (SSSR count). The molecule has 4 heterocycles. The third kappa shape index (κ3) is 8.66. The fourth-order valence-corrected chi connectivity index (χ4v) is 6.58. The number of hydrogen-bond donors (Lipinski definition) is 14. The van der Waals surface area contributed by atoms with Crippen molar-refractivity contribution in [2.75, 3.05) is 26.4 Å². The van der Waals surface area contributed by atoms with E-state index in [9.17, 15) is 71.2 Å². The molecule has 0 bridgehead atoms. The van der Waals surface area contributed by atoms with Crippen LogP contribution in [0.4, 0.5) is 0 Å². The van der Waals surface area contributed by atoms with Crippen LogP contribution in [0.15, 0.2) is 0 Å². The SMILES string of the molecule is CC1C(O)[C@H](O[C@@H]2OC(CO[C@]3(C(=O)O)C[C@@H](O)[C@@H](N)C(C(O)C(O)CO)O3)[C@H](O)C(O)[C@@H]2O)[C@H](CO)O[C@H]1O[C@@H]1C(O)[C@H](O)C(CO)O[C@@H]1C. The third-order valence-electron chi connectivity index (χ3n) is 9.86. The normalized spacial score (nSPS) is 49.3. The topological polar surface area (TPSA) is 371 Å². The molecule has 22 heteroatoms. The standard InChI is InChI=1S/C29H51NO21/c1-8-16(36)24(13(6-33)47-26(8)49-23-9(2)46-12(5-32)18(38)21(23)41)50-27-22(42)20(40)19(39)14(48-27)7-45-29(28(43)44)3-10(34)15(30)25(51-29)17(37)11(35)4-31/h8-27,31-42H,3-7,30H2,1-2H3,(H,43,44)/t8?,9-,10-,11?,12?,13+,14?,15-,16?,17?,18-,19+,20?,21?,22+,23+,24-,25?,26+,27+,29-/m1/s1. The fraction of sp³-hybridized carbons (Fsp3) is 0.966. The number of nitrogens with two attached hydrogens (primary N) is 1. The van der Waals surface area contributed by atoms with Gasteiger partial charge in [-0.3, -0.25) is 0 Å². The monoisotopic (exact) mass is 749 g/mol. The van der Waals surface area contributed by atoms with Crippen molar-refractivity contribution >= 4 is 5.97 Å². The molecule has 0 spiro atoms. The van der Waals surface area contributed by atoms with Gasteiger partial charge in [-0.15, -0.1) is 0 Å². The molecule has 0 aromatic carbocycles. The van der Waals surface area contributed by atoms with Gasteiger partial charge in [0.05, 0.1) is 50.8 Å². The Hall–Kier alpha value is -1.33. The van der Waals surface area contributed by atoms with E-state index in [1.807, 2.05) is 0 Å². The predicted octanol–water partition coefficient (Wildman–Crippen LogP) is -8.23. The molecule has 0 aliphatic carbocycles. The van der Waals surface area contributed by atoms with Crippen LogP contribution in [0, 0.1) is 5.92 Å². The zero-order valence-corrected chi connectivity index (χ0v) is 27.7. The van der Waals surface area contributed by atoms with Crippen molar-refractivity contribution in [1.82, 2.24) is 0 Å². The molecule has 0 amide bonds. The second kappa shape index (κ2) is 17.4. The van der Waals surface area contributed by atoms with Gasteiger partial charge in [0.2, 0.25) is 0 Å². The number of aliphatic hydroxyl groups is 12. The van der Waals surface area contributed by atoms with Gasteiger partial charge < -0.3 is 105 Å². The van der Waals surface area contributed by atoms with E-state index in [2.05, 4.69) is 0 Å². The van der Waals surface area contributed by atoms with Gasteiger partial charge in [-0.1, -0.05) is 6.92 Å². The average Bonchev–Trinajstić information content (AvgIpc) is 3.10. The predicted molar refractivity (Wildman–Crippen MR) is 160 cm³/mol. The minimum atomic E-state index is -2.76. The van der Waals surface area contributed by atoms with E-state index in [0.29, 0.717) is 0 Å². The largest absolute Gasteiger partial charge is 0.477 e. The second-order valence-corrected chi connectivity index (χ2v) is 13.4. The summed E-state index contributed by atoms with van der Waals surface area (Å²) < 4.78 is 39.4. The maximum Gasteiger partial charge on any atom is 0.364 e. The molecule has 51 heavy (non-hydrogen) atoms. The van der Waals surface area contributed by atoms with E-state index in [4.69, 9.17) is 38.9 Å². The highest BCUT2D eigenvalue weighted by Gasteiger charge is 2.57. The number of rotatable bonds is 13. The zero-order chi connectivity index (χ0) is 38.1. The fourth-order valence-electron chi connectivity index (χ4n) is 6.58. The van der Waals surface area contributed by atoms with E-state index in [-0.39, 0.29) is 0 Å². The number of hydrogen-bond acceptors (Lipinski definition) is 21. The molecule has 0 aromatic heterocycles. The van der Waals surface area contributed by atoms with Gasteiger partial charge in [0.1, 0.15) is 79.4 Å². The summed E-state index contributed by atoms with van der Waals surface area (Å²) >= 11 is 0. The lowest BCUT2D eigenvalue weighted by molar-refractivity contribution is -0.370. The quantitative estimate of drug-likeness (QED) is 0.0831. The maximum atomic E-state index is 12.4. The van der Waals surface area contributed by atoms with Crippen LogP contribution in [0.25, 0.3) is 0 Å². The van der Waals surface area contributed by atoms with Crippen molar-refractivity contribution in [1.29, 1.82) is 0 Å². The summed E-state index contributed by atoms with van der Waals surface area (Å²) in [5, 5.41) is 134. The van der Waals surface area contributed by atoms with E-state index in [1.165, 1.54) is 13.8 Å². The van der Waals surface area contributed by atoms with Crippen molar-refractivity contribution < 1.29 is 104 Å². The van der Waals surface area contributed by atoms with Crippen LogP contribution >= 0.6 is 0 Å². The van der Waals surface area contributed by atoms with Gasteiger partial charge >= 0.3 is 5.97 Å². The Kier molecular flexibility index (Phi) is 14.5. The number of ether oxygens (including phenoxy) is 7. The number of carboxylic acids is 1. The van der Waals surface area contributed by atoms with E-state index in [0.717, 1.165) is 0 Å². The Morgan fingerprint density at radius 2 is 1.37 bits per heavy atom. The van der Waals surface area contributed by atoms with E-state index < -0.39 is 167 Å². The Morgan fingerprint density at radius 1 is 0.784 bits per heavy atom. The maximum absolute atomic E-state index is 12.4. The molecule has 0 aromatic rings. The summed E-state index contributed by atoms with van der Waals surface area (Å²) in [6, 6.07) is -1.44. The molecule has 4 saturated heterocycles. The van der Waals surface area contributed by atoms with Crippen molar-refractivity contribution in [2.24, 2.45) is 11.7 Å². The average molecular weight is 750 g/mol. The molecular weight excluding hydrogens is 698 g/mol. The Bertz CT molecular complexity index is 1120. The highest BCUT2D eigenvalue weighted by molar-refractivity contribution is 5.76. The molecule has 22 nitrogen and oxygen atoms in total. The van der Waals surface area contributed by atoms with Crippen molar-refractivity contribution in [3.8, 4) is 0 Å². The lowest BCUT2D eigenvalue weighted by atomic mass is 9.89.